The van der Waals surface area contributed by atoms with Crippen LogP contribution in [0.2, 0.25) is 0 Å². The molecule has 98 valence electrons. The van der Waals surface area contributed by atoms with Crippen molar-refractivity contribution in [3.8, 4) is 11.3 Å². The zero-order valence-corrected chi connectivity index (χ0v) is 11.7. The first-order valence-corrected chi connectivity index (χ1v) is 6.92. The summed E-state index contributed by atoms with van der Waals surface area (Å²) >= 11 is 0. The molecular weight excluding hydrogens is 242 g/mol. The smallest absolute Gasteiger partial charge is 0.194 e. The van der Waals surface area contributed by atoms with E-state index in [1.54, 1.807) is 0 Å². The van der Waals surface area contributed by atoms with Crippen LogP contribution >= 0.6 is 0 Å². The molecule has 0 fully saturated rings. The molecule has 3 rings (SSSR count). The Balaban J connectivity index is 1.98. The summed E-state index contributed by atoms with van der Waals surface area (Å²) in [7, 11) is 0. The van der Waals surface area contributed by atoms with Crippen molar-refractivity contribution < 1.29 is 4.57 Å². The Morgan fingerprint density at radius 2 is 1.45 bits per heavy atom. The Hall–Kier alpha value is -2.41. The van der Waals surface area contributed by atoms with Crippen molar-refractivity contribution in [2.45, 2.75) is 13.5 Å². The number of aryl methyl sites for hydroxylation is 1. The third kappa shape index (κ3) is 2.77. The molecule has 0 N–H and O–H groups in total. The maximum Gasteiger partial charge on any atom is 0.212 e. The first-order valence-electron chi connectivity index (χ1n) is 6.92. The Morgan fingerprint density at radius 3 is 2.20 bits per heavy atom. The molecule has 0 atom stereocenters. The van der Waals surface area contributed by atoms with Crippen LogP contribution in [0.3, 0.4) is 0 Å². The SMILES string of the molecule is Cc1ccc(-c2cccc[n+]2Cc2ccccc2)cc1. The van der Waals surface area contributed by atoms with Gasteiger partial charge in [0.05, 0.1) is 0 Å². The Labute approximate surface area is 120 Å². The second kappa shape index (κ2) is 5.70. The summed E-state index contributed by atoms with van der Waals surface area (Å²) in [6, 6.07) is 25.6. The van der Waals surface area contributed by atoms with Crippen LogP contribution < -0.4 is 4.57 Å². The zero-order chi connectivity index (χ0) is 13.8. The second-order valence-electron chi connectivity index (χ2n) is 5.07. The summed E-state index contributed by atoms with van der Waals surface area (Å²) in [5, 5.41) is 0. The predicted molar refractivity (Wildman–Crippen MR) is 82.4 cm³/mol. The molecule has 1 heteroatoms. The molecule has 0 aliphatic rings. The zero-order valence-electron chi connectivity index (χ0n) is 11.7. The van der Waals surface area contributed by atoms with Crippen LogP contribution in [0.5, 0.6) is 0 Å². The third-order valence-corrected chi connectivity index (χ3v) is 3.48. The van der Waals surface area contributed by atoms with Crippen molar-refractivity contribution in [1.29, 1.82) is 0 Å². The summed E-state index contributed by atoms with van der Waals surface area (Å²) in [6.45, 7) is 3.01. The fourth-order valence-corrected chi connectivity index (χ4v) is 2.38. The number of pyridine rings is 1. The topological polar surface area (TPSA) is 3.88 Å². The normalized spacial score (nSPS) is 10.4. The monoisotopic (exact) mass is 260 g/mol. The number of hydrogen-bond donors (Lipinski definition) is 0. The van der Waals surface area contributed by atoms with Crippen molar-refractivity contribution in [2.24, 2.45) is 0 Å². The van der Waals surface area contributed by atoms with E-state index in [9.17, 15) is 0 Å². The average molecular weight is 260 g/mol. The number of nitrogens with zero attached hydrogens (tertiary/aromatic N) is 1. The van der Waals surface area contributed by atoms with E-state index in [0.717, 1.165) is 6.54 Å². The van der Waals surface area contributed by atoms with Crippen molar-refractivity contribution in [3.63, 3.8) is 0 Å². The van der Waals surface area contributed by atoms with Crippen LogP contribution in [0.4, 0.5) is 0 Å². The van der Waals surface area contributed by atoms with Crippen LogP contribution in [-0.4, -0.2) is 0 Å². The molecule has 0 aliphatic carbocycles. The summed E-state index contributed by atoms with van der Waals surface area (Å²) < 4.78 is 2.29. The molecule has 1 heterocycles. The van der Waals surface area contributed by atoms with Gasteiger partial charge in [-0.1, -0.05) is 48.0 Å². The number of hydrogen-bond acceptors (Lipinski definition) is 0. The van der Waals surface area contributed by atoms with Gasteiger partial charge in [0, 0.05) is 23.3 Å². The van der Waals surface area contributed by atoms with Crippen LogP contribution in [0.1, 0.15) is 11.1 Å². The lowest BCUT2D eigenvalue weighted by atomic mass is 10.1. The van der Waals surface area contributed by atoms with Crippen molar-refractivity contribution in [2.75, 3.05) is 0 Å². The highest BCUT2D eigenvalue weighted by Crippen LogP contribution is 2.16. The van der Waals surface area contributed by atoms with E-state index in [4.69, 9.17) is 0 Å². The molecule has 0 spiro atoms. The molecule has 1 aromatic heterocycles. The quantitative estimate of drug-likeness (QED) is 0.627. The van der Waals surface area contributed by atoms with Gasteiger partial charge in [-0.2, -0.15) is 4.57 Å². The van der Waals surface area contributed by atoms with Gasteiger partial charge < -0.3 is 0 Å². The molecule has 0 amide bonds. The molecule has 0 aliphatic heterocycles. The minimum absolute atomic E-state index is 0.894. The fourth-order valence-electron chi connectivity index (χ4n) is 2.38. The summed E-state index contributed by atoms with van der Waals surface area (Å²) in [6.07, 6.45) is 2.14. The maximum atomic E-state index is 2.29. The number of aromatic nitrogens is 1. The van der Waals surface area contributed by atoms with Gasteiger partial charge in [-0.3, -0.25) is 0 Å². The van der Waals surface area contributed by atoms with Crippen molar-refractivity contribution in [3.05, 3.63) is 90.1 Å². The third-order valence-electron chi connectivity index (χ3n) is 3.48. The Bertz CT molecular complexity index is 684. The molecule has 0 radical (unpaired) electrons. The van der Waals surface area contributed by atoms with Crippen LogP contribution in [0.25, 0.3) is 11.3 Å². The number of rotatable bonds is 3. The van der Waals surface area contributed by atoms with E-state index < -0.39 is 0 Å². The van der Waals surface area contributed by atoms with E-state index in [2.05, 4.69) is 90.5 Å². The summed E-state index contributed by atoms with van der Waals surface area (Å²) in [5.74, 6) is 0. The van der Waals surface area contributed by atoms with Crippen LogP contribution in [0, 0.1) is 6.92 Å². The van der Waals surface area contributed by atoms with E-state index in [1.807, 2.05) is 0 Å². The highest BCUT2D eigenvalue weighted by molar-refractivity contribution is 5.56. The van der Waals surface area contributed by atoms with Gasteiger partial charge in [0.15, 0.2) is 12.7 Å². The molecule has 0 saturated carbocycles. The largest absolute Gasteiger partial charge is 0.212 e. The maximum absolute atomic E-state index is 2.29. The lowest BCUT2D eigenvalue weighted by molar-refractivity contribution is -0.677. The molecule has 1 nitrogen and oxygen atoms in total. The van der Waals surface area contributed by atoms with Gasteiger partial charge in [-0.15, -0.1) is 0 Å². The highest BCUT2D eigenvalue weighted by atomic mass is 15.0. The van der Waals surface area contributed by atoms with E-state index in [1.165, 1.54) is 22.4 Å². The van der Waals surface area contributed by atoms with Gasteiger partial charge in [0.1, 0.15) is 0 Å². The van der Waals surface area contributed by atoms with Gasteiger partial charge in [0.25, 0.3) is 0 Å². The molecule has 2 aromatic carbocycles. The molecule has 20 heavy (non-hydrogen) atoms. The molecular formula is C19H18N+. The molecule has 0 unspecified atom stereocenters. The van der Waals surface area contributed by atoms with E-state index in [0.29, 0.717) is 0 Å². The standard InChI is InChI=1S/C19H18N/c1-16-10-12-18(13-11-16)19-9-5-6-14-20(19)15-17-7-3-2-4-8-17/h2-14H,15H2,1H3/q+1. The predicted octanol–water partition coefficient (Wildman–Crippen LogP) is 4.00. The lowest BCUT2D eigenvalue weighted by Crippen LogP contribution is -2.36. The lowest BCUT2D eigenvalue weighted by Gasteiger charge is -2.04. The minimum Gasteiger partial charge on any atom is -0.194 e. The molecule has 0 bridgehead atoms. The first kappa shape index (κ1) is 12.6. The second-order valence-corrected chi connectivity index (χ2v) is 5.07. The van der Waals surface area contributed by atoms with Crippen molar-refractivity contribution >= 4 is 0 Å². The summed E-state index contributed by atoms with van der Waals surface area (Å²) in [4.78, 5) is 0. The molecule has 3 aromatic rings. The van der Waals surface area contributed by atoms with E-state index in [-0.39, 0.29) is 0 Å². The highest BCUT2D eigenvalue weighted by Gasteiger charge is 2.12. The molecule has 0 saturated heterocycles. The van der Waals surface area contributed by atoms with Crippen LogP contribution in [0.15, 0.2) is 79.0 Å². The van der Waals surface area contributed by atoms with Gasteiger partial charge in [-0.25, -0.2) is 0 Å². The summed E-state index contributed by atoms with van der Waals surface area (Å²) in [5.41, 5.74) is 5.11. The minimum atomic E-state index is 0.894. The first-order chi connectivity index (χ1) is 9.83. The van der Waals surface area contributed by atoms with Crippen LogP contribution in [-0.2, 0) is 6.54 Å². The Morgan fingerprint density at radius 1 is 0.750 bits per heavy atom. The van der Waals surface area contributed by atoms with Gasteiger partial charge in [-0.05, 0) is 25.1 Å². The Kier molecular flexibility index (Phi) is 3.60. The number of benzene rings is 2. The average Bonchev–Trinajstić information content (AvgIpc) is 2.50. The fraction of sp³-hybridized carbons (Fsp3) is 0.105. The van der Waals surface area contributed by atoms with Gasteiger partial charge in [0.2, 0.25) is 5.69 Å². The van der Waals surface area contributed by atoms with E-state index >= 15 is 0 Å². The van der Waals surface area contributed by atoms with Gasteiger partial charge >= 0.3 is 0 Å². The van der Waals surface area contributed by atoms with Crippen molar-refractivity contribution in [1.82, 2.24) is 0 Å².